The Hall–Kier alpha value is -2.23. The second-order valence-electron chi connectivity index (χ2n) is 4.03. The van der Waals surface area contributed by atoms with E-state index >= 15 is 0 Å². The van der Waals surface area contributed by atoms with Crippen molar-refractivity contribution >= 4 is 5.78 Å². The smallest absolute Gasteiger partial charge is 0.167 e. The molecular formula is C15H12F2O2. The predicted octanol–water partition coefficient (Wildman–Crippen LogP) is 3.40. The first-order valence-electron chi connectivity index (χ1n) is 5.72. The van der Waals surface area contributed by atoms with Gasteiger partial charge < -0.3 is 4.74 Å². The zero-order valence-electron chi connectivity index (χ0n) is 10.3. The molecule has 19 heavy (non-hydrogen) atoms. The summed E-state index contributed by atoms with van der Waals surface area (Å²) in [5, 5.41) is 0. The third-order valence-electron chi connectivity index (χ3n) is 2.81. The van der Waals surface area contributed by atoms with E-state index in [1.165, 1.54) is 13.2 Å². The first kappa shape index (κ1) is 13.2. The van der Waals surface area contributed by atoms with Crippen molar-refractivity contribution in [3.63, 3.8) is 0 Å². The second kappa shape index (κ2) is 5.61. The average Bonchev–Trinajstić information content (AvgIpc) is 2.43. The molecule has 0 aliphatic rings. The lowest BCUT2D eigenvalue weighted by molar-refractivity contribution is 0.0990. The standard InChI is InChI=1S/C15H12F2O2/c1-19-11-7-5-10(6-8-11)15(18)9-12-13(16)3-2-4-14(12)17/h2-8H,9H2,1H3. The first-order chi connectivity index (χ1) is 9.11. The van der Waals surface area contributed by atoms with Crippen molar-refractivity contribution in [2.45, 2.75) is 6.42 Å². The Morgan fingerprint density at radius 2 is 1.63 bits per heavy atom. The van der Waals surface area contributed by atoms with Crippen LogP contribution in [0.2, 0.25) is 0 Å². The van der Waals surface area contributed by atoms with Crippen LogP contribution in [-0.4, -0.2) is 12.9 Å². The van der Waals surface area contributed by atoms with Crippen LogP contribution in [-0.2, 0) is 6.42 Å². The van der Waals surface area contributed by atoms with Gasteiger partial charge in [0.15, 0.2) is 5.78 Å². The lowest BCUT2D eigenvalue weighted by Crippen LogP contribution is -2.07. The topological polar surface area (TPSA) is 26.3 Å². The van der Waals surface area contributed by atoms with Crippen molar-refractivity contribution in [3.8, 4) is 5.75 Å². The molecule has 0 aliphatic heterocycles. The normalized spacial score (nSPS) is 10.3. The van der Waals surface area contributed by atoms with Gasteiger partial charge in [-0.05, 0) is 36.4 Å². The minimum absolute atomic E-state index is 0.205. The maximum absolute atomic E-state index is 13.4. The van der Waals surface area contributed by atoms with Crippen molar-refractivity contribution < 1.29 is 18.3 Å². The summed E-state index contributed by atoms with van der Waals surface area (Å²) in [5.74, 6) is -1.14. The fraction of sp³-hybridized carbons (Fsp3) is 0.133. The van der Waals surface area contributed by atoms with Crippen LogP contribution in [0.5, 0.6) is 5.75 Å². The van der Waals surface area contributed by atoms with E-state index in [9.17, 15) is 13.6 Å². The highest BCUT2D eigenvalue weighted by atomic mass is 19.1. The van der Waals surface area contributed by atoms with Gasteiger partial charge >= 0.3 is 0 Å². The number of benzene rings is 2. The highest BCUT2D eigenvalue weighted by molar-refractivity contribution is 5.97. The Kier molecular flexibility index (Phi) is 3.90. The van der Waals surface area contributed by atoms with Gasteiger partial charge in [0.1, 0.15) is 17.4 Å². The summed E-state index contributed by atoms with van der Waals surface area (Å²) in [6, 6.07) is 9.95. The molecule has 0 saturated heterocycles. The SMILES string of the molecule is COc1ccc(C(=O)Cc2c(F)cccc2F)cc1. The number of hydrogen-bond acceptors (Lipinski definition) is 2. The molecular weight excluding hydrogens is 250 g/mol. The van der Waals surface area contributed by atoms with Gasteiger partial charge in [-0.3, -0.25) is 4.79 Å². The van der Waals surface area contributed by atoms with E-state index in [0.717, 1.165) is 12.1 Å². The van der Waals surface area contributed by atoms with Crippen LogP contribution < -0.4 is 4.74 Å². The van der Waals surface area contributed by atoms with Crippen molar-refractivity contribution in [1.82, 2.24) is 0 Å². The third kappa shape index (κ3) is 2.96. The Morgan fingerprint density at radius 1 is 1.05 bits per heavy atom. The summed E-state index contributed by atoms with van der Waals surface area (Å²) in [4.78, 5) is 11.9. The molecule has 0 atom stereocenters. The minimum atomic E-state index is -0.707. The zero-order valence-corrected chi connectivity index (χ0v) is 10.3. The van der Waals surface area contributed by atoms with Crippen molar-refractivity contribution in [3.05, 3.63) is 65.2 Å². The number of carbonyl (C=O) groups is 1. The molecule has 0 fully saturated rings. The lowest BCUT2D eigenvalue weighted by Gasteiger charge is -2.05. The summed E-state index contributed by atoms with van der Waals surface area (Å²) >= 11 is 0. The largest absolute Gasteiger partial charge is 0.497 e. The monoisotopic (exact) mass is 262 g/mol. The highest BCUT2D eigenvalue weighted by Crippen LogP contribution is 2.17. The lowest BCUT2D eigenvalue weighted by atomic mass is 10.0. The van der Waals surface area contributed by atoms with Crippen molar-refractivity contribution in [1.29, 1.82) is 0 Å². The molecule has 0 N–H and O–H groups in total. The number of rotatable bonds is 4. The molecule has 0 aromatic heterocycles. The van der Waals surface area contributed by atoms with E-state index in [2.05, 4.69) is 0 Å². The molecule has 4 heteroatoms. The maximum atomic E-state index is 13.4. The Bertz CT molecular complexity index is 571. The van der Waals surface area contributed by atoms with Gasteiger partial charge in [-0.15, -0.1) is 0 Å². The average molecular weight is 262 g/mol. The summed E-state index contributed by atoms with van der Waals surface area (Å²) in [6.45, 7) is 0. The van der Waals surface area contributed by atoms with E-state index in [0.29, 0.717) is 11.3 Å². The number of ketones is 1. The van der Waals surface area contributed by atoms with E-state index in [1.54, 1.807) is 24.3 Å². The van der Waals surface area contributed by atoms with Crippen LogP contribution in [0.25, 0.3) is 0 Å². The number of ether oxygens (including phenoxy) is 1. The van der Waals surface area contributed by atoms with Crippen molar-refractivity contribution in [2.75, 3.05) is 7.11 Å². The van der Waals surface area contributed by atoms with Gasteiger partial charge in [0.25, 0.3) is 0 Å². The molecule has 0 radical (unpaired) electrons. The second-order valence-corrected chi connectivity index (χ2v) is 4.03. The van der Waals surface area contributed by atoms with Crippen LogP contribution in [0.4, 0.5) is 8.78 Å². The molecule has 0 saturated carbocycles. The van der Waals surface area contributed by atoms with Crippen LogP contribution in [0, 0.1) is 11.6 Å². The van der Waals surface area contributed by atoms with E-state index in [4.69, 9.17) is 4.74 Å². The number of carbonyl (C=O) groups excluding carboxylic acids is 1. The van der Waals surface area contributed by atoms with Crippen LogP contribution in [0.3, 0.4) is 0 Å². The molecule has 2 rings (SSSR count). The van der Waals surface area contributed by atoms with Gasteiger partial charge in [0.05, 0.1) is 7.11 Å². The van der Waals surface area contributed by atoms with Crippen LogP contribution in [0.1, 0.15) is 15.9 Å². The molecule has 98 valence electrons. The number of halogens is 2. The van der Waals surface area contributed by atoms with E-state index < -0.39 is 11.6 Å². The summed E-state index contributed by atoms with van der Waals surface area (Å²) in [5.41, 5.74) is 0.187. The summed E-state index contributed by atoms with van der Waals surface area (Å²) in [7, 11) is 1.52. The van der Waals surface area contributed by atoms with E-state index in [1.807, 2.05) is 0 Å². The Labute approximate surface area is 109 Å². The molecule has 0 heterocycles. The van der Waals surface area contributed by atoms with Crippen LogP contribution in [0.15, 0.2) is 42.5 Å². The molecule has 0 bridgehead atoms. The molecule has 0 unspecified atom stereocenters. The van der Waals surface area contributed by atoms with E-state index in [-0.39, 0.29) is 17.8 Å². The number of Topliss-reactive ketones (excluding diaryl/α,β-unsaturated/α-hetero) is 1. The fourth-order valence-corrected chi connectivity index (χ4v) is 1.74. The number of hydrogen-bond donors (Lipinski definition) is 0. The Morgan fingerprint density at radius 3 is 2.16 bits per heavy atom. The predicted molar refractivity (Wildman–Crippen MR) is 67.4 cm³/mol. The van der Waals surface area contributed by atoms with Crippen molar-refractivity contribution in [2.24, 2.45) is 0 Å². The minimum Gasteiger partial charge on any atom is -0.497 e. The molecule has 0 spiro atoms. The molecule has 0 amide bonds. The van der Waals surface area contributed by atoms with Gasteiger partial charge in [0, 0.05) is 17.5 Å². The zero-order chi connectivity index (χ0) is 13.8. The van der Waals surface area contributed by atoms with Gasteiger partial charge in [-0.25, -0.2) is 8.78 Å². The quantitative estimate of drug-likeness (QED) is 0.789. The third-order valence-corrected chi connectivity index (χ3v) is 2.81. The molecule has 2 nitrogen and oxygen atoms in total. The summed E-state index contributed by atoms with van der Waals surface area (Å²) in [6.07, 6.45) is -0.301. The van der Waals surface area contributed by atoms with Crippen LogP contribution >= 0.6 is 0 Å². The molecule has 2 aromatic carbocycles. The maximum Gasteiger partial charge on any atom is 0.167 e. The van der Waals surface area contributed by atoms with Gasteiger partial charge in [-0.2, -0.15) is 0 Å². The molecule has 0 aliphatic carbocycles. The first-order valence-corrected chi connectivity index (χ1v) is 5.72. The van der Waals surface area contributed by atoms with Gasteiger partial charge in [0.2, 0.25) is 0 Å². The number of methoxy groups -OCH3 is 1. The fourth-order valence-electron chi connectivity index (χ4n) is 1.74. The molecule has 2 aromatic rings. The van der Waals surface area contributed by atoms with Gasteiger partial charge in [-0.1, -0.05) is 6.07 Å². The highest BCUT2D eigenvalue weighted by Gasteiger charge is 2.14. The Balaban J connectivity index is 2.20. The summed E-state index contributed by atoms with van der Waals surface area (Å²) < 4.78 is 31.8.